The molecule has 0 aromatic heterocycles. The van der Waals surface area contributed by atoms with Gasteiger partial charge in [0.15, 0.2) is 0 Å². The van der Waals surface area contributed by atoms with Gasteiger partial charge in [-0.3, -0.25) is 0 Å². The van der Waals surface area contributed by atoms with E-state index < -0.39 is 5.31 Å². The van der Waals surface area contributed by atoms with Crippen molar-refractivity contribution in [1.82, 2.24) is 0 Å². The van der Waals surface area contributed by atoms with Crippen molar-refractivity contribution in [2.75, 3.05) is 6.61 Å². The molecule has 0 radical (unpaired) electrons. The summed E-state index contributed by atoms with van der Waals surface area (Å²) in [6, 6.07) is 10.1. The largest absolute Gasteiger partial charge is 0.474 e. The number of hydrogen-bond donors (Lipinski definition) is 0. The molecule has 2 aliphatic rings. The van der Waals surface area contributed by atoms with E-state index in [0.29, 0.717) is 6.61 Å². The number of rotatable bonds is 2. The van der Waals surface area contributed by atoms with E-state index in [2.05, 4.69) is 39.8 Å². The number of nitrogens with zero attached hydrogens (tertiary/aromatic N) is 1. The van der Waals surface area contributed by atoms with Crippen molar-refractivity contribution in [2.45, 2.75) is 51.1 Å². The van der Waals surface area contributed by atoms with Crippen LogP contribution in [-0.2, 0) is 14.1 Å². The monoisotopic (exact) mass is 287 g/mol. The van der Waals surface area contributed by atoms with Gasteiger partial charge in [0, 0.05) is 0 Å². The van der Waals surface area contributed by atoms with Gasteiger partial charge in [-0.25, -0.2) is 0 Å². The first-order chi connectivity index (χ1) is 9.76. The molecule has 112 valence electrons. The first-order valence-electron chi connectivity index (χ1n) is 7.38. The summed E-state index contributed by atoms with van der Waals surface area (Å²) in [7, 11) is -0.371. The minimum atomic E-state index is -0.410. The van der Waals surface area contributed by atoms with Crippen molar-refractivity contribution in [3.05, 3.63) is 35.9 Å². The first-order valence-corrected chi connectivity index (χ1v) is 7.38. The summed E-state index contributed by atoms with van der Waals surface area (Å²) in [6.07, 6.45) is 0. The highest BCUT2D eigenvalue weighted by Gasteiger charge is 2.61. The predicted octanol–water partition coefficient (Wildman–Crippen LogP) is 3.27. The Kier molecular flexibility index (Phi) is 3.19. The summed E-state index contributed by atoms with van der Waals surface area (Å²) in [5, 5.41) is 3.85. The van der Waals surface area contributed by atoms with Gasteiger partial charge in [-0.15, -0.1) is 0 Å². The van der Waals surface area contributed by atoms with Gasteiger partial charge in [-0.1, -0.05) is 42.4 Å². The molecule has 1 saturated heterocycles. The lowest BCUT2D eigenvalue weighted by atomic mass is 9.55. The van der Waals surface area contributed by atoms with Crippen molar-refractivity contribution >= 4 is 12.8 Å². The molecule has 5 heteroatoms. The summed E-state index contributed by atoms with van der Waals surface area (Å²) in [4.78, 5) is 5.40. The third-order valence-corrected chi connectivity index (χ3v) is 4.88. The maximum atomic E-state index is 6.22. The van der Waals surface area contributed by atoms with Crippen molar-refractivity contribution in [1.29, 1.82) is 0 Å². The fourth-order valence-corrected chi connectivity index (χ4v) is 2.66. The highest BCUT2D eigenvalue weighted by molar-refractivity contribution is 6.57. The second-order valence-corrected chi connectivity index (χ2v) is 7.09. The summed E-state index contributed by atoms with van der Waals surface area (Å²) >= 11 is 0. The fourth-order valence-electron chi connectivity index (χ4n) is 2.66. The molecule has 1 atom stereocenters. The van der Waals surface area contributed by atoms with Crippen LogP contribution in [0.3, 0.4) is 0 Å². The molecular weight excluding hydrogens is 265 g/mol. The molecule has 1 aromatic carbocycles. The standard InChI is InChI=1S/C16H22BNO3/c1-14(2)15(3,4)21-17(20-14)16(5)11-19-18-13(16)12-9-7-6-8-10-12/h6-10H,11H2,1-5H3. The van der Waals surface area contributed by atoms with Crippen LogP contribution < -0.4 is 0 Å². The molecule has 0 saturated carbocycles. The Hall–Kier alpha value is -1.33. The van der Waals surface area contributed by atoms with E-state index in [-0.39, 0.29) is 18.3 Å². The van der Waals surface area contributed by atoms with Gasteiger partial charge in [0.25, 0.3) is 0 Å². The third-order valence-electron chi connectivity index (χ3n) is 4.88. The Morgan fingerprint density at radius 3 is 2.10 bits per heavy atom. The van der Waals surface area contributed by atoms with Crippen LogP contribution in [0.4, 0.5) is 0 Å². The zero-order valence-corrected chi connectivity index (χ0v) is 13.3. The first kappa shape index (κ1) is 14.6. The van der Waals surface area contributed by atoms with Gasteiger partial charge >= 0.3 is 7.12 Å². The topological polar surface area (TPSA) is 40.0 Å². The Balaban J connectivity index is 1.93. The van der Waals surface area contributed by atoms with Crippen LogP contribution in [0.15, 0.2) is 35.5 Å². The Labute approximate surface area is 126 Å². The second-order valence-electron chi connectivity index (χ2n) is 7.09. The van der Waals surface area contributed by atoms with Crippen LogP contribution in [0, 0.1) is 0 Å². The second kappa shape index (κ2) is 4.58. The molecule has 1 unspecified atom stereocenters. The molecule has 0 N–H and O–H groups in total. The Morgan fingerprint density at radius 2 is 1.52 bits per heavy atom. The molecule has 21 heavy (non-hydrogen) atoms. The molecule has 3 rings (SSSR count). The third kappa shape index (κ3) is 2.19. The average Bonchev–Trinajstić information content (AvgIpc) is 2.90. The van der Waals surface area contributed by atoms with Crippen molar-refractivity contribution in [3.8, 4) is 0 Å². The number of hydrogen-bond acceptors (Lipinski definition) is 4. The minimum Gasteiger partial charge on any atom is -0.403 e. The van der Waals surface area contributed by atoms with Gasteiger partial charge in [0.1, 0.15) is 6.61 Å². The summed E-state index contributed by atoms with van der Waals surface area (Å²) < 4.78 is 12.4. The van der Waals surface area contributed by atoms with Gasteiger partial charge < -0.3 is 14.1 Å². The molecular formula is C16H22BNO3. The van der Waals surface area contributed by atoms with Crippen LogP contribution in [0.1, 0.15) is 40.2 Å². The van der Waals surface area contributed by atoms with E-state index in [1.807, 2.05) is 30.3 Å². The molecule has 0 amide bonds. The summed E-state index contributed by atoms with van der Waals surface area (Å²) in [5.74, 6) is 0. The maximum absolute atomic E-state index is 6.22. The van der Waals surface area contributed by atoms with Crippen LogP contribution in [0.2, 0.25) is 5.31 Å². The average molecular weight is 287 g/mol. The van der Waals surface area contributed by atoms with Crippen LogP contribution in [0.25, 0.3) is 0 Å². The number of oxime groups is 1. The van der Waals surface area contributed by atoms with Crippen molar-refractivity contribution < 1.29 is 14.1 Å². The molecule has 2 aliphatic heterocycles. The summed E-state index contributed by atoms with van der Waals surface area (Å²) in [6.45, 7) is 10.8. The van der Waals surface area contributed by atoms with Gasteiger partial charge in [-0.05, 0) is 33.3 Å². The van der Waals surface area contributed by atoms with Crippen LogP contribution >= 0.6 is 0 Å². The SMILES string of the molecule is CC1(B2OC(C)(C)C(C)(C)O2)CON=C1c1ccccc1. The quantitative estimate of drug-likeness (QED) is 0.784. The minimum absolute atomic E-state index is 0.356. The lowest BCUT2D eigenvalue weighted by molar-refractivity contribution is 0.00578. The lowest BCUT2D eigenvalue weighted by Gasteiger charge is -2.32. The Bertz CT molecular complexity index is 554. The van der Waals surface area contributed by atoms with E-state index in [1.54, 1.807) is 0 Å². The highest BCUT2D eigenvalue weighted by atomic mass is 16.7. The van der Waals surface area contributed by atoms with Gasteiger partial charge in [0.2, 0.25) is 0 Å². The Morgan fingerprint density at radius 1 is 0.952 bits per heavy atom. The van der Waals surface area contributed by atoms with Gasteiger partial charge in [0.05, 0.1) is 22.2 Å². The van der Waals surface area contributed by atoms with E-state index in [4.69, 9.17) is 14.1 Å². The van der Waals surface area contributed by atoms with Gasteiger partial charge in [-0.2, -0.15) is 0 Å². The zero-order valence-electron chi connectivity index (χ0n) is 13.3. The van der Waals surface area contributed by atoms with E-state index in [0.717, 1.165) is 11.3 Å². The predicted molar refractivity (Wildman–Crippen MR) is 83.4 cm³/mol. The lowest BCUT2D eigenvalue weighted by Crippen LogP contribution is -2.41. The van der Waals surface area contributed by atoms with Crippen molar-refractivity contribution in [2.24, 2.45) is 5.16 Å². The molecule has 4 nitrogen and oxygen atoms in total. The van der Waals surface area contributed by atoms with Crippen LogP contribution in [0.5, 0.6) is 0 Å². The van der Waals surface area contributed by atoms with E-state index >= 15 is 0 Å². The smallest absolute Gasteiger partial charge is 0.403 e. The molecule has 0 aliphatic carbocycles. The fraction of sp³-hybridized carbons (Fsp3) is 0.562. The molecule has 0 bridgehead atoms. The molecule has 2 heterocycles. The van der Waals surface area contributed by atoms with Crippen LogP contribution in [-0.4, -0.2) is 30.6 Å². The molecule has 0 spiro atoms. The summed E-state index contributed by atoms with van der Waals surface area (Å²) in [5.41, 5.74) is 1.23. The van der Waals surface area contributed by atoms with Crippen molar-refractivity contribution in [3.63, 3.8) is 0 Å². The van der Waals surface area contributed by atoms with E-state index in [1.165, 1.54) is 0 Å². The molecule has 1 fully saturated rings. The normalized spacial score (nSPS) is 30.1. The van der Waals surface area contributed by atoms with E-state index in [9.17, 15) is 0 Å². The highest BCUT2D eigenvalue weighted by Crippen LogP contribution is 2.48. The zero-order chi connectivity index (χ0) is 15.3. The molecule has 1 aromatic rings. The number of benzene rings is 1. The maximum Gasteiger partial charge on any atom is 0.474 e.